The number of hydrogen-bond acceptors (Lipinski definition) is 10. The summed E-state index contributed by atoms with van der Waals surface area (Å²) < 4.78 is 2.07. The summed E-state index contributed by atoms with van der Waals surface area (Å²) in [5.41, 5.74) is 6.09. The van der Waals surface area contributed by atoms with Crippen LogP contribution in [0.3, 0.4) is 0 Å². The van der Waals surface area contributed by atoms with Gasteiger partial charge < -0.3 is 15.1 Å². The Bertz CT molecular complexity index is 2000. The van der Waals surface area contributed by atoms with Gasteiger partial charge in [0.2, 0.25) is 11.8 Å². The molecule has 258 valence electrons. The van der Waals surface area contributed by atoms with Crippen molar-refractivity contribution >= 4 is 46.0 Å². The summed E-state index contributed by atoms with van der Waals surface area (Å²) in [5.74, 6) is -1.37. The van der Waals surface area contributed by atoms with Crippen LogP contribution in [-0.2, 0) is 9.59 Å². The van der Waals surface area contributed by atoms with Crippen LogP contribution in [0.25, 0.3) is 22.3 Å². The fourth-order valence-electron chi connectivity index (χ4n) is 7.65. The highest BCUT2D eigenvalue weighted by molar-refractivity contribution is 6.23. The number of nitrogens with one attached hydrogen (secondary N) is 2. The molecule has 8 rings (SSSR count). The first-order valence-electron chi connectivity index (χ1n) is 17.6. The standard InChI is InChI=1S/C37H41N9O4/c1-22-20-44(13-12-43(22)2)26-6-8-30-31(17-26)41-32(19-39-30)24-18-40-45(21-24)27-14-23(15-27)4-3-11-38-25-5-7-28-29(16-25)37(50)46(36(28)49)33-9-10-34(47)42-35(33)48/h5-8,16-19,21-23,27,33,38H,3-4,9-15,20H2,1-2H3,(H,42,47,48). The van der Waals surface area contributed by atoms with Crippen molar-refractivity contribution in [3.05, 3.63) is 66.1 Å². The maximum atomic E-state index is 13.1. The van der Waals surface area contributed by atoms with Gasteiger partial charge in [0.1, 0.15) is 6.04 Å². The van der Waals surface area contributed by atoms with E-state index in [4.69, 9.17) is 9.97 Å². The molecular weight excluding hydrogens is 634 g/mol. The van der Waals surface area contributed by atoms with Crippen LogP contribution in [0.15, 0.2) is 55.0 Å². The van der Waals surface area contributed by atoms with Crippen molar-refractivity contribution < 1.29 is 19.2 Å². The molecule has 2 N–H and O–H groups in total. The predicted molar refractivity (Wildman–Crippen MR) is 188 cm³/mol. The fourth-order valence-corrected chi connectivity index (χ4v) is 7.65. The highest BCUT2D eigenvalue weighted by atomic mass is 16.2. The number of nitrogens with zero attached hydrogens (tertiary/aromatic N) is 7. The number of carbonyl (C=O) groups excluding carboxylic acids is 4. The van der Waals surface area contributed by atoms with E-state index in [1.807, 2.05) is 12.4 Å². The minimum Gasteiger partial charge on any atom is -0.385 e. The normalized spacial score (nSPS) is 24.0. The second-order valence-electron chi connectivity index (χ2n) is 14.2. The van der Waals surface area contributed by atoms with Crippen LogP contribution < -0.4 is 15.5 Å². The van der Waals surface area contributed by atoms with Gasteiger partial charge in [-0.25, -0.2) is 4.98 Å². The number of fused-ring (bicyclic) bond motifs is 2. The van der Waals surface area contributed by atoms with E-state index >= 15 is 0 Å². The Hall–Kier alpha value is -5.17. The van der Waals surface area contributed by atoms with Gasteiger partial charge in [0, 0.05) is 61.8 Å². The smallest absolute Gasteiger partial charge is 0.262 e. The SMILES string of the molecule is CC1CN(c2ccc3ncc(-c4cnn(C5CC(CCCNc6ccc7c(c6)C(=O)N(C6CCC(=O)NC6=O)C7=O)C5)c4)nc3c2)CCN1C. The first-order chi connectivity index (χ1) is 24.2. The lowest BCUT2D eigenvalue weighted by Crippen LogP contribution is -2.54. The third kappa shape index (κ3) is 5.99. The lowest BCUT2D eigenvalue weighted by Gasteiger charge is -2.39. The summed E-state index contributed by atoms with van der Waals surface area (Å²) in [6.07, 6.45) is 10.2. The minimum atomic E-state index is -0.964. The number of piperidine rings is 1. The molecule has 2 aromatic heterocycles. The molecule has 50 heavy (non-hydrogen) atoms. The summed E-state index contributed by atoms with van der Waals surface area (Å²) in [6, 6.07) is 11.4. The molecule has 13 nitrogen and oxygen atoms in total. The van der Waals surface area contributed by atoms with E-state index in [1.54, 1.807) is 18.2 Å². The lowest BCUT2D eigenvalue weighted by molar-refractivity contribution is -0.136. The van der Waals surface area contributed by atoms with Gasteiger partial charge in [-0.3, -0.25) is 39.1 Å². The van der Waals surface area contributed by atoms with E-state index in [2.05, 4.69) is 68.6 Å². The topological polar surface area (TPSA) is 146 Å². The molecule has 5 heterocycles. The van der Waals surface area contributed by atoms with E-state index in [-0.39, 0.29) is 29.9 Å². The molecule has 3 aliphatic heterocycles. The first-order valence-corrected chi connectivity index (χ1v) is 17.6. The van der Waals surface area contributed by atoms with Gasteiger partial charge in [-0.2, -0.15) is 5.10 Å². The largest absolute Gasteiger partial charge is 0.385 e. The van der Waals surface area contributed by atoms with Gasteiger partial charge >= 0.3 is 0 Å². The molecule has 0 spiro atoms. The van der Waals surface area contributed by atoms with Crippen molar-refractivity contribution in [1.29, 1.82) is 0 Å². The highest BCUT2D eigenvalue weighted by Gasteiger charge is 2.44. The number of rotatable bonds is 9. The van der Waals surface area contributed by atoms with Crippen molar-refractivity contribution in [2.24, 2.45) is 5.92 Å². The Morgan fingerprint density at radius 3 is 2.62 bits per heavy atom. The van der Waals surface area contributed by atoms with Gasteiger partial charge in [0.25, 0.3) is 11.8 Å². The zero-order valence-electron chi connectivity index (χ0n) is 28.3. The van der Waals surface area contributed by atoms with Gasteiger partial charge in [0.05, 0.1) is 46.3 Å². The second kappa shape index (κ2) is 12.9. The third-order valence-corrected chi connectivity index (χ3v) is 10.9. The Kier molecular flexibility index (Phi) is 8.30. The fraction of sp³-hybridized carbons (Fsp3) is 0.432. The number of anilines is 2. The summed E-state index contributed by atoms with van der Waals surface area (Å²) >= 11 is 0. The van der Waals surface area contributed by atoms with E-state index in [1.165, 1.54) is 5.69 Å². The number of likely N-dealkylation sites (N-methyl/N-ethyl adjacent to an activating group) is 1. The Morgan fingerprint density at radius 1 is 0.960 bits per heavy atom. The van der Waals surface area contributed by atoms with E-state index in [0.29, 0.717) is 18.0 Å². The van der Waals surface area contributed by atoms with E-state index in [9.17, 15) is 19.2 Å². The number of imide groups is 2. The zero-order chi connectivity index (χ0) is 34.5. The molecule has 2 atom stereocenters. The number of aromatic nitrogens is 4. The zero-order valence-corrected chi connectivity index (χ0v) is 28.3. The molecule has 4 aromatic rings. The molecule has 1 saturated carbocycles. The number of amides is 4. The lowest BCUT2D eigenvalue weighted by atomic mass is 9.77. The number of benzene rings is 2. The first kappa shape index (κ1) is 32.1. The molecule has 2 saturated heterocycles. The maximum absolute atomic E-state index is 13.1. The monoisotopic (exact) mass is 675 g/mol. The maximum Gasteiger partial charge on any atom is 0.262 e. The van der Waals surface area contributed by atoms with Crippen molar-refractivity contribution in [2.75, 3.05) is 43.4 Å². The molecule has 4 amide bonds. The predicted octanol–water partition coefficient (Wildman–Crippen LogP) is 3.88. The summed E-state index contributed by atoms with van der Waals surface area (Å²) in [4.78, 5) is 65.4. The average molecular weight is 676 g/mol. The average Bonchev–Trinajstić information content (AvgIpc) is 3.67. The summed E-state index contributed by atoms with van der Waals surface area (Å²) in [7, 11) is 2.18. The summed E-state index contributed by atoms with van der Waals surface area (Å²) in [5, 5.41) is 10.3. The molecule has 3 fully saturated rings. The van der Waals surface area contributed by atoms with Crippen LogP contribution >= 0.6 is 0 Å². The van der Waals surface area contributed by atoms with Crippen LogP contribution in [0.1, 0.15) is 72.2 Å². The van der Waals surface area contributed by atoms with Crippen molar-refractivity contribution in [1.82, 2.24) is 34.9 Å². The van der Waals surface area contributed by atoms with Crippen LogP contribution in [0.2, 0.25) is 0 Å². The van der Waals surface area contributed by atoms with Crippen LogP contribution in [0.5, 0.6) is 0 Å². The molecule has 1 aliphatic carbocycles. The minimum absolute atomic E-state index is 0.0971. The molecule has 13 heteroatoms. The van der Waals surface area contributed by atoms with Gasteiger partial charge in [-0.05, 0) is 88.4 Å². The van der Waals surface area contributed by atoms with E-state index < -0.39 is 23.8 Å². The van der Waals surface area contributed by atoms with Gasteiger partial charge in [-0.15, -0.1) is 0 Å². The van der Waals surface area contributed by atoms with Crippen molar-refractivity contribution in [3.8, 4) is 11.3 Å². The van der Waals surface area contributed by atoms with Crippen molar-refractivity contribution in [3.63, 3.8) is 0 Å². The van der Waals surface area contributed by atoms with Gasteiger partial charge in [0.15, 0.2) is 0 Å². The molecule has 4 aliphatic rings. The van der Waals surface area contributed by atoms with E-state index in [0.717, 1.165) is 84.7 Å². The Labute approximate surface area is 290 Å². The molecule has 2 unspecified atom stereocenters. The quantitative estimate of drug-likeness (QED) is 0.198. The molecule has 0 bridgehead atoms. The summed E-state index contributed by atoms with van der Waals surface area (Å²) in [6.45, 7) is 6.04. The highest BCUT2D eigenvalue weighted by Crippen LogP contribution is 2.40. The number of hydrogen-bond donors (Lipinski definition) is 2. The van der Waals surface area contributed by atoms with Crippen LogP contribution in [0, 0.1) is 5.92 Å². The molecule has 2 aromatic carbocycles. The Morgan fingerprint density at radius 2 is 1.80 bits per heavy atom. The van der Waals surface area contributed by atoms with Crippen molar-refractivity contribution in [2.45, 2.75) is 63.6 Å². The third-order valence-electron chi connectivity index (χ3n) is 10.9. The van der Waals surface area contributed by atoms with Crippen LogP contribution in [0.4, 0.5) is 11.4 Å². The van der Waals surface area contributed by atoms with Gasteiger partial charge in [-0.1, -0.05) is 0 Å². The molecular formula is C37H41N9O4. The molecule has 0 radical (unpaired) electrons. The Balaban J connectivity index is 0.819. The number of carbonyl (C=O) groups is 4. The van der Waals surface area contributed by atoms with Crippen LogP contribution in [-0.4, -0.2) is 98.5 Å². The second-order valence-corrected chi connectivity index (χ2v) is 14.2. The number of piperazine rings is 1.